The van der Waals surface area contributed by atoms with E-state index in [0.29, 0.717) is 6.54 Å². The summed E-state index contributed by atoms with van der Waals surface area (Å²) in [5.74, 6) is 0. The van der Waals surface area contributed by atoms with Crippen LogP contribution in [-0.4, -0.2) is 28.8 Å². The first-order valence-electron chi connectivity index (χ1n) is 7.06. The number of amides is 1. The maximum atomic E-state index is 11.8. The first-order valence-corrected chi connectivity index (χ1v) is 7.06. The number of nitrogens with one attached hydrogen (secondary N) is 1. The highest BCUT2D eigenvalue weighted by atomic mass is 16.7. The zero-order valence-electron chi connectivity index (χ0n) is 12.5. The smallest absolute Gasteiger partial charge is 0.350 e. The fraction of sp³-hybridized carbons (Fsp3) is 0.929. The average Bonchev–Trinajstić information content (AvgIpc) is 2.23. The van der Waals surface area contributed by atoms with Crippen LogP contribution in [0.1, 0.15) is 66.7 Å². The summed E-state index contributed by atoms with van der Waals surface area (Å²) in [5, 5.41) is 4.68. The van der Waals surface area contributed by atoms with E-state index in [-0.39, 0.29) is 17.2 Å². The Morgan fingerprint density at radius 2 is 1.78 bits per heavy atom. The second-order valence-electron chi connectivity index (χ2n) is 6.43. The molecule has 0 radical (unpaired) electrons. The van der Waals surface area contributed by atoms with Crippen molar-refractivity contribution in [1.29, 1.82) is 0 Å². The number of unbranched alkanes of at least 4 members (excludes halogenated alkanes) is 1. The molecule has 0 aromatic heterocycles. The van der Waals surface area contributed by atoms with Gasteiger partial charge in [-0.15, -0.1) is 5.06 Å². The van der Waals surface area contributed by atoms with Gasteiger partial charge in [0.2, 0.25) is 0 Å². The topological polar surface area (TPSA) is 41.6 Å². The number of rotatable bonds is 4. The third-order valence-electron chi connectivity index (χ3n) is 3.65. The molecular weight excluding hydrogens is 228 g/mol. The predicted molar refractivity (Wildman–Crippen MR) is 73.2 cm³/mol. The fourth-order valence-corrected chi connectivity index (χ4v) is 2.71. The van der Waals surface area contributed by atoms with Crippen LogP contribution < -0.4 is 5.32 Å². The summed E-state index contributed by atoms with van der Waals surface area (Å²) in [6.45, 7) is 11.3. The van der Waals surface area contributed by atoms with Crippen molar-refractivity contribution in [3.8, 4) is 0 Å². The first kappa shape index (κ1) is 15.3. The van der Waals surface area contributed by atoms with Crippen LogP contribution >= 0.6 is 0 Å². The van der Waals surface area contributed by atoms with Gasteiger partial charge in [0, 0.05) is 6.54 Å². The van der Waals surface area contributed by atoms with Crippen LogP contribution in [0.3, 0.4) is 0 Å². The molecule has 1 heterocycles. The highest BCUT2D eigenvalue weighted by molar-refractivity contribution is 5.66. The van der Waals surface area contributed by atoms with E-state index in [2.05, 4.69) is 39.9 Å². The molecule has 0 aliphatic carbocycles. The number of carbonyl (C=O) groups is 1. The molecule has 1 fully saturated rings. The van der Waals surface area contributed by atoms with Gasteiger partial charge in [0.1, 0.15) is 0 Å². The minimum atomic E-state index is -0.327. The average molecular weight is 256 g/mol. The molecule has 18 heavy (non-hydrogen) atoms. The fourth-order valence-electron chi connectivity index (χ4n) is 2.71. The molecule has 1 N–H and O–H groups in total. The molecule has 106 valence electrons. The Hall–Kier alpha value is -0.770. The van der Waals surface area contributed by atoms with Gasteiger partial charge in [-0.25, -0.2) is 4.79 Å². The van der Waals surface area contributed by atoms with Gasteiger partial charge in [0.15, 0.2) is 0 Å². The number of nitrogens with zero attached hydrogens (tertiary/aromatic N) is 1. The maximum absolute atomic E-state index is 11.8. The molecule has 0 atom stereocenters. The van der Waals surface area contributed by atoms with E-state index in [1.165, 1.54) is 6.42 Å². The Bertz CT molecular complexity index is 272. The lowest BCUT2D eigenvalue weighted by Crippen LogP contribution is -2.59. The summed E-state index contributed by atoms with van der Waals surface area (Å²) >= 11 is 0. The van der Waals surface area contributed by atoms with Gasteiger partial charge >= 0.3 is 6.09 Å². The van der Waals surface area contributed by atoms with Gasteiger partial charge in [-0.2, -0.15) is 0 Å². The SMILES string of the molecule is CCCCNC(=O)ON1C(C)(C)CCCC1(C)C. The van der Waals surface area contributed by atoms with Crippen LogP contribution in [-0.2, 0) is 4.84 Å². The van der Waals surface area contributed by atoms with E-state index in [1.54, 1.807) is 0 Å². The molecule has 4 nitrogen and oxygen atoms in total. The number of hydroxylamine groups is 2. The van der Waals surface area contributed by atoms with Crippen molar-refractivity contribution in [2.45, 2.75) is 77.8 Å². The van der Waals surface area contributed by atoms with Crippen molar-refractivity contribution in [2.24, 2.45) is 0 Å². The number of hydrogen-bond acceptors (Lipinski definition) is 3. The van der Waals surface area contributed by atoms with Crippen LogP contribution in [0.15, 0.2) is 0 Å². The van der Waals surface area contributed by atoms with E-state index >= 15 is 0 Å². The van der Waals surface area contributed by atoms with E-state index in [9.17, 15) is 4.79 Å². The zero-order valence-corrected chi connectivity index (χ0v) is 12.5. The minimum Gasteiger partial charge on any atom is -0.350 e. The summed E-state index contributed by atoms with van der Waals surface area (Å²) in [4.78, 5) is 17.3. The van der Waals surface area contributed by atoms with Crippen LogP contribution in [0.5, 0.6) is 0 Å². The predicted octanol–water partition coefficient (Wildman–Crippen LogP) is 3.47. The minimum absolute atomic E-state index is 0.0934. The van der Waals surface area contributed by atoms with E-state index in [4.69, 9.17) is 4.84 Å². The highest BCUT2D eigenvalue weighted by Crippen LogP contribution is 2.38. The summed E-state index contributed by atoms with van der Waals surface area (Å²) in [6, 6.07) is 0. The summed E-state index contributed by atoms with van der Waals surface area (Å²) in [6.07, 6.45) is 5.02. The van der Waals surface area contributed by atoms with Crippen molar-refractivity contribution >= 4 is 6.09 Å². The summed E-state index contributed by atoms with van der Waals surface area (Å²) in [5.41, 5.74) is -0.187. The molecule has 0 spiro atoms. The first-order chi connectivity index (χ1) is 8.29. The number of piperidine rings is 1. The van der Waals surface area contributed by atoms with Gasteiger partial charge in [-0.3, -0.25) is 0 Å². The van der Waals surface area contributed by atoms with Crippen LogP contribution in [0.2, 0.25) is 0 Å². The van der Waals surface area contributed by atoms with E-state index < -0.39 is 0 Å². The second-order valence-corrected chi connectivity index (χ2v) is 6.43. The quantitative estimate of drug-likeness (QED) is 0.783. The Kier molecular flexibility index (Phi) is 5.02. The Morgan fingerprint density at radius 3 is 2.28 bits per heavy atom. The maximum Gasteiger partial charge on any atom is 0.426 e. The largest absolute Gasteiger partial charge is 0.426 e. The number of carbonyl (C=O) groups excluding carboxylic acids is 1. The summed E-state index contributed by atoms with van der Waals surface area (Å²) in [7, 11) is 0. The normalized spacial score (nSPS) is 22.5. The van der Waals surface area contributed by atoms with Crippen molar-refractivity contribution < 1.29 is 9.63 Å². The Morgan fingerprint density at radius 1 is 1.22 bits per heavy atom. The third kappa shape index (κ3) is 3.87. The molecule has 0 aromatic carbocycles. The monoisotopic (exact) mass is 256 g/mol. The highest BCUT2D eigenvalue weighted by Gasteiger charge is 2.44. The van der Waals surface area contributed by atoms with Crippen molar-refractivity contribution in [2.75, 3.05) is 6.54 Å². The molecule has 0 saturated carbocycles. The van der Waals surface area contributed by atoms with Gasteiger partial charge in [-0.1, -0.05) is 13.3 Å². The molecule has 0 aromatic rings. The molecular formula is C14H28N2O2. The van der Waals surface area contributed by atoms with Crippen LogP contribution in [0.25, 0.3) is 0 Å². The Balaban J connectivity index is 2.58. The lowest BCUT2D eigenvalue weighted by molar-refractivity contribution is -0.239. The van der Waals surface area contributed by atoms with Crippen molar-refractivity contribution in [3.63, 3.8) is 0 Å². The van der Waals surface area contributed by atoms with Gasteiger partial charge < -0.3 is 10.2 Å². The molecule has 1 saturated heterocycles. The van der Waals surface area contributed by atoms with Gasteiger partial charge in [0.25, 0.3) is 0 Å². The molecule has 1 rings (SSSR count). The molecule has 0 unspecified atom stereocenters. The van der Waals surface area contributed by atoms with Crippen LogP contribution in [0, 0.1) is 0 Å². The van der Waals surface area contributed by atoms with Crippen LogP contribution in [0.4, 0.5) is 4.79 Å². The second kappa shape index (κ2) is 5.91. The zero-order chi connectivity index (χ0) is 13.8. The standard InChI is InChI=1S/C14H28N2O2/c1-6-7-11-15-12(17)18-16-13(2,3)9-8-10-14(16,4)5/h6-11H2,1-5H3,(H,15,17). The van der Waals surface area contributed by atoms with E-state index in [0.717, 1.165) is 25.7 Å². The molecule has 1 aliphatic heterocycles. The molecule has 1 aliphatic rings. The number of hydrogen-bond donors (Lipinski definition) is 1. The lowest BCUT2D eigenvalue weighted by Gasteiger charge is -2.50. The molecule has 4 heteroatoms. The molecule has 1 amide bonds. The lowest BCUT2D eigenvalue weighted by atomic mass is 9.82. The summed E-state index contributed by atoms with van der Waals surface area (Å²) < 4.78 is 0. The van der Waals surface area contributed by atoms with Crippen molar-refractivity contribution in [1.82, 2.24) is 10.4 Å². The third-order valence-corrected chi connectivity index (χ3v) is 3.65. The molecule has 0 bridgehead atoms. The van der Waals surface area contributed by atoms with Gasteiger partial charge in [-0.05, 0) is 53.4 Å². The van der Waals surface area contributed by atoms with Crippen molar-refractivity contribution in [3.05, 3.63) is 0 Å². The van der Waals surface area contributed by atoms with E-state index in [1.807, 2.05) is 5.06 Å². The van der Waals surface area contributed by atoms with Gasteiger partial charge in [0.05, 0.1) is 11.1 Å². The Labute approximate surface area is 111 Å².